The number of halogens is 4. The summed E-state index contributed by atoms with van der Waals surface area (Å²) in [7, 11) is 0. The van der Waals surface area contributed by atoms with Crippen LogP contribution >= 0.6 is 0 Å². The monoisotopic (exact) mass is 384 g/mol. The minimum absolute atomic E-state index is 0.0401. The Hall–Kier alpha value is -2.75. The minimum atomic E-state index is -4.78. The second kappa shape index (κ2) is 6.76. The van der Waals surface area contributed by atoms with Gasteiger partial charge in [-0.15, -0.1) is 0 Å². The molecule has 1 unspecified atom stereocenters. The van der Waals surface area contributed by atoms with Gasteiger partial charge < -0.3 is 10.1 Å². The van der Waals surface area contributed by atoms with Gasteiger partial charge in [0.15, 0.2) is 5.52 Å². The van der Waals surface area contributed by atoms with Crippen molar-refractivity contribution in [3.05, 3.63) is 57.0 Å². The van der Waals surface area contributed by atoms with Crippen LogP contribution in [0.2, 0.25) is 0 Å². The molecule has 1 atom stereocenters. The van der Waals surface area contributed by atoms with Crippen LogP contribution in [0.25, 0.3) is 11.0 Å². The van der Waals surface area contributed by atoms with Gasteiger partial charge in [0, 0.05) is 5.92 Å². The molecule has 27 heavy (non-hydrogen) atoms. The van der Waals surface area contributed by atoms with Gasteiger partial charge in [-0.1, -0.05) is 13.0 Å². The number of aliphatic hydroxyl groups is 1. The summed E-state index contributed by atoms with van der Waals surface area (Å²) in [5.41, 5.74) is -0.820. The van der Waals surface area contributed by atoms with E-state index in [1.807, 2.05) is 0 Å². The quantitative estimate of drug-likeness (QED) is 0.678. The van der Waals surface area contributed by atoms with Crippen LogP contribution in [-0.4, -0.2) is 31.5 Å². The van der Waals surface area contributed by atoms with Gasteiger partial charge in [0.1, 0.15) is 17.2 Å². The zero-order valence-corrected chi connectivity index (χ0v) is 14.4. The van der Waals surface area contributed by atoms with Gasteiger partial charge in [-0.2, -0.15) is 18.3 Å². The van der Waals surface area contributed by atoms with Crippen LogP contribution in [-0.2, 0) is 12.7 Å². The topological polar surface area (TPSA) is 83.8 Å². The maximum Gasteiger partial charge on any atom is 0.419 e. The van der Waals surface area contributed by atoms with E-state index < -0.39 is 29.0 Å². The molecule has 0 radical (unpaired) electrons. The summed E-state index contributed by atoms with van der Waals surface area (Å²) < 4.78 is 53.5. The van der Waals surface area contributed by atoms with E-state index in [4.69, 9.17) is 0 Å². The fourth-order valence-electron chi connectivity index (χ4n) is 2.96. The van der Waals surface area contributed by atoms with Crippen LogP contribution in [0.5, 0.6) is 0 Å². The van der Waals surface area contributed by atoms with E-state index >= 15 is 0 Å². The van der Waals surface area contributed by atoms with Crippen molar-refractivity contribution in [2.75, 3.05) is 6.61 Å². The number of aryl methyl sites for hydroxylation is 1. The zero-order chi connectivity index (χ0) is 19.9. The molecule has 3 aromatic rings. The van der Waals surface area contributed by atoms with E-state index in [1.54, 1.807) is 13.8 Å². The summed E-state index contributed by atoms with van der Waals surface area (Å²) in [5.74, 6) is -1.67. The molecular weight excluding hydrogens is 368 g/mol. The highest BCUT2D eigenvalue weighted by molar-refractivity contribution is 5.77. The van der Waals surface area contributed by atoms with Crippen LogP contribution < -0.4 is 5.56 Å². The summed E-state index contributed by atoms with van der Waals surface area (Å²) in [6, 6.07) is 2.66. The standard InChI is InChI=1S/C17H16F4N4O2/c1-8(10-3-4-11(12(18)7-10)17(19,20)21)13-14-15(25(24-13)5-6-26)16(27)23-9(2)22-14/h3-4,7-8,26H,5-6H2,1-2H3,(H,22,23,27). The van der Waals surface area contributed by atoms with Gasteiger partial charge in [-0.05, 0) is 24.6 Å². The number of fused-ring (bicyclic) bond motifs is 1. The first-order chi connectivity index (χ1) is 12.6. The summed E-state index contributed by atoms with van der Waals surface area (Å²) in [4.78, 5) is 19.1. The predicted octanol–water partition coefficient (Wildman–Crippen LogP) is 2.73. The molecule has 6 nitrogen and oxygen atoms in total. The summed E-state index contributed by atoms with van der Waals surface area (Å²) >= 11 is 0. The highest BCUT2D eigenvalue weighted by atomic mass is 19.4. The number of alkyl halides is 3. The lowest BCUT2D eigenvalue weighted by Gasteiger charge is -2.13. The summed E-state index contributed by atoms with van der Waals surface area (Å²) in [6.45, 7) is 2.98. The second-order valence-corrected chi connectivity index (χ2v) is 6.14. The molecule has 0 saturated heterocycles. The third-order valence-electron chi connectivity index (χ3n) is 4.26. The van der Waals surface area contributed by atoms with Gasteiger partial charge >= 0.3 is 6.18 Å². The van der Waals surface area contributed by atoms with Crippen LogP contribution in [0.1, 0.15) is 35.5 Å². The first-order valence-electron chi connectivity index (χ1n) is 8.08. The van der Waals surface area contributed by atoms with Gasteiger partial charge in [-0.3, -0.25) is 9.48 Å². The van der Waals surface area contributed by atoms with Crippen molar-refractivity contribution >= 4 is 11.0 Å². The Morgan fingerprint density at radius 3 is 2.63 bits per heavy atom. The van der Waals surface area contributed by atoms with E-state index in [-0.39, 0.29) is 29.7 Å². The highest BCUT2D eigenvalue weighted by Crippen LogP contribution is 2.34. The lowest BCUT2D eigenvalue weighted by molar-refractivity contribution is -0.140. The third-order valence-corrected chi connectivity index (χ3v) is 4.26. The maximum atomic E-state index is 13.9. The molecule has 0 aliphatic carbocycles. The highest BCUT2D eigenvalue weighted by Gasteiger charge is 2.34. The number of benzene rings is 1. The molecule has 0 saturated carbocycles. The molecule has 3 rings (SSSR count). The SMILES string of the molecule is Cc1nc2c(C(C)c3ccc(C(F)(F)F)c(F)c3)nn(CCO)c2c(=O)[nH]1. The molecule has 2 N–H and O–H groups in total. The number of H-pyrrole nitrogens is 1. The van der Waals surface area contributed by atoms with Gasteiger partial charge in [-0.25, -0.2) is 9.37 Å². The van der Waals surface area contributed by atoms with E-state index in [0.29, 0.717) is 17.6 Å². The van der Waals surface area contributed by atoms with Crippen LogP contribution in [0, 0.1) is 12.7 Å². The number of rotatable bonds is 4. The van der Waals surface area contributed by atoms with E-state index in [0.717, 1.165) is 6.07 Å². The van der Waals surface area contributed by atoms with Crippen molar-refractivity contribution in [3.63, 3.8) is 0 Å². The van der Waals surface area contributed by atoms with Crippen molar-refractivity contribution in [1.29, 1.82) is 0 Å². The van der Waals surface area contributed by atoms with Crippen molar-refractivity contribution in [2.45, 2.75) is 32.5 Å². The van der Waals surface area contributed by atoms with Gasteiger partial charge in [0.25, 0.3) is 5.56 Å². The number of nitrogens with zero attached hydrogens (tertiary/aromatic N) is 3. The first kappa shape index (κ1) is 19.0. The number of hydrogen-bond donors (Lipinski definition) is 2. The van der Waals surface area contributed by atoms with Crippen LogP contribution in [0.15, 0.2) is 23.0 Å². The Kier molecular flexibility index (Phi) is 4.77. The Labute approximate surface area is 150 Å². The predicted molar refractivity (Wildman–Crippen MR) is 88.9 cm³/mol. The smallest absolute Gasteiger partial charge is 0.394 e. The molecule has 0 spiro atoms. The van der Waals surface area contributed by atoms with Crippen molar-refractivity contribution in [3.8, 4) is 0 Å². The average molecular weight is 384 g/mol. The van der Waals surface area contributed by atoms with E-state index in [1.165, 1.54) is 10.7 Å². The molecule has 2 aromatic heterocycles. The molecule has 10 heteroatoms. The minimum Gasteiger partial charge on any atom is -0.394 e. The van der Waals surface area contributed by atoms with E-state index in [9.17, 15) is 27.5 Å². The Morgan fingerprint density at radius 2 is 2.04 bits per heavy atom. The van der Waals surface area contributed by atoms with Crippen molar-refractivity contribution in [2.24, 2.45) is 0 Å². The Balaban J connectivity index is 2.15. The summed E-state index contributed by atoms with van der Waals surface area (Å²) in [6.07, 6.45) is -4.78. The zero-order valence-electron chi connectivity index (χ0n) is 14.4. The number of aliphatic hydroxyl groups excluding tert-OH is 1. The average Bonchev–Trinajstić information content (AvgIpc) is 2.91. The maximum absolute atomic E-state index is 13.9. The fraction of sp³-hybridized carbons (Fsp3) is 0.353. The van der Waals surface area contributed by atoms with Crippen LogP contribution in [0.3, 0.4) is 0 Å². The largest absolute Gasteiger partial charge is 0.419 e. The van der Waals surface area contributed by atoms with Crippen molar-refractivity contribution < 1.29 is 22.7 Å². The molecule has 0 bridgehead atoms. The van der Waals surface area contributed by atoms with Gasteiger partial charge in [0.05, 0.1) is 24.4 Å². The number of aromatic amines is 1. The van der Waals surface area contributed by atoms with Crippen molar-refractivity contribution in [1.82, 2.24) is 19.7 Å². The molecule has 0 aliphatic heterocycles. The Bertz CT molecular complexity index is 1060. The molecule has 0 amide bonds. The van der Waals surface area contributed by atoms with Gasteiger partial charge in [0.2, 0.25) is 0 Å². The number of hydrogen-bond acceptors (Lipinski definition) is 4. The molecule has 0 aliphatic rings. The first-order valence-corrected chi connectivity index (χ1v) is 8.08. The number of aromatic nitrogens is 4. The number of nitrogens with one attached hydrogen (secondary N) is 1. The fourth-order valence-corrected chi connectivity index (χ4v) is 2.96. The molecule has 1 aromatic carbocycles. The molecular formula is C17H16F4N4O2. The molecule has 2 heterocycles. The molecule has 144 valence electrons. The lowest BCUT2D eigenvalue weighted by atomic mass is 9.95. The van der Waals surface area contributed by atoms with Crippen LogP contribution in [0.4, 0.5) is 17.6 Å². The second-order valence-electron chi connectivity index (χ2n) is 6.14. The Morgan fingerprint density at radius 1 is 1.33 bits per heavy atom. The lowest BCUT2D eigenvalue weighted by Crippen LogP contribution is -2.15. The van der Waals surface area contributed by atoms with E-state index in [2.05, 4.69) is 15.1 Å². The summed E-state index contributed by atoms with van der Waals surface area (Å²) in [5, 5.41) is 13.5. The molecule has 0 fully saturated rings. The third kappa shape index (κ3) is 3.44. The normalized spacial score (nSPS) is 13.3.